The second-order valence-electron chi connectivity index (χ2n) is 7.72. The Kier molecular flexibility index (Phi) is 8.29. The van der Waals surface area contributed by atoms with Crippen molar-refractivity contribution in [2.24, 2.45) is 0 Å². The molecule has 178 valence electrons. The first kappa shape index (κ1) is 24.5. The SMILES string of the molecule is CCCNC(=O)OC[C@@H]1[C@H](OS(C)(=O)=O)CC(=O)N1Cc1ccc(Oc2ccccc2)cc1. The maximum absolute atomic E-state index is 12.7. The Morgan fingerprint density at radius 1 is 1.09 bits per heavy atom. The number of ether oxygens (including phenoxy) is 2. The Morgan fingerprint density at radius 3 is 2.39 bits per heavy atom. The van der Waals surface area contributed by atoms with Gasteiger partial charge in [0, 0.05) is 13.1 Å². The molecule has 0 saturated carbocycles. The number of para-hydroxylation sites is 1. The topological polar surface area (TPSA) is 111 Å². The lowest BCUT2D eigenvalue weighted by Crippen LogP contribution is -2.43. The Morgan fingerprint density at radius 2 is 1.76 bits per heavy atom. The summed E-state index contributed by atoms with van der Waals surface area (Å²) < 4.78 is 39.5. The monoisotopic (exact) mass is 476 g/mol. The average molecular weight is 477 g/mol. The molecule has 1 N–H and O–H groups in total. The predicted molar refractivity (Wildman–Crippen MR) is 121 cm³/mol. The fourth-order valence-electron chi connectivity index (χ4n) is 3.46. The fraction of sp³-hybridized carbons (Fsp3) is 0.391. The summed E-state index contributed by atoms with van der Waals surface area (Å²) in [5.74, 6) is 1.07. The third-order valence-electron chi connectivity index (χ3n) is 4.98. The van der Waals surface area contributed by atoms with E-state index in [1.807, 2.05) is 49.4 Å². The van der Waals surface area contributed by atoms with Gasteiger partial charge in [0.25, 0.3) is 10.1 Å². The molecule has 10 heteroatoms. The van der Waals surface area contributed by atoms with Gasteiger partial charge in [-0.1, -0.05) is 37.3 Å². The molecule has 0 unspecified atom stereocenters. The Bertz CT molecular complexity index is 1040. The molecule has 2 aromatic rings. The van der Waals surface area contributed by atoms with Crippen LogP contribution in [0.2, 0.25) is 0 Å². The molecule has 1 fully saturated rings. The van der Waals surface area contributed by atoms with Crippen LogP contribution in [0.25, 0.3) is 0 Å². The van der Waals surface area contributed by atoms with Crippen molar-refractivity contribution in [1.29, 1.82) is 0 Å². The lowest BCUT2D eigenvalue weighted by Gasteiger charge is -2.27. The van der Waals surface area contributed by atoms with Gasteiger partial charge in [0.15, 0.2) is 0 Å². The normalized spacial score (nSPS) is 18.2. The summed E-state index contributed by atoms with van der Waals surface area (Å²) >= 11 is 0. The number of carbonyl (C=O) groups is 2. The van der Waals surface area contributed by atoms with E-state index in [0.29, 0.717) is 18.0 Å². The minimum absolute atomic E-state index is 0.118. The number of nitrogens with one attached hydrogen (secondary N) is 1. The van der Waals surface area contributed by atoms with Crippen LogP contribution in [-0.4, -0.2) is 56.9 Å². The van der Waals surface area contributed by atoms with E-state index in [0.717, 1.165) is 18.2 Å². The largest absolute Gasteiger partial charge is 0.457 e. The summed E-state index contributed by atoms with van der Waals surface area (Å²) in [5.41, 5.74) is 0.809. The van der Waals surface area contributed by atoms with Crippen LogP contribution < -0.4 is 10.1 Å². The summed E-state index contributed by atoms with van der Waals surface area (Å²) in [5, 5.41) is 2.58. The smallest absolute Gasteiger partial charge is 0.407 e. The lowest BCUT2D eigenvalue weighted by atomic mass is 10.1. The molecule has 0 spiro atoms. The average Bonchev–Trinajstić information content (AvgIpc) is 3.05. The number of carbonyl (C=O) groups excluding carboxylic acids is 2. The number of nitrogens with zero attached hydrogens (tertiary/aromatic N) is 1. The van der Waals surface area contributed by atoms with Gasteiger partial charge in [-0.25, -0.2) is 4.79 Å². The zero-order valence-corrected chi connectivity index (χ0v) is 19.4. The minimum atomic E-state index is -3.80. The van der Waals surface area contributed by atoms with E-state index in [1.165, 1.54) is 4.90 Å². The summed E-state index contributed by atoms with van der Waals surface area (Å²) in [4.78, 5) is 26.0. The van der Waals surface area contributed by atoms with Crippen molar-refractivity contribution < 1.29 is 31.7 Å². The first-order valence-electron chi connectivity index (χ1n) is 10.7. The van der Waals surface area contributed by atoms with Crippen molar-refractivity contribution in [2.75, 3.05) is 19.4 Å². The highest BCUT2D eigenvalue weighted by atomic mass is 32.2. The van der Waals surface area contributed by atoms with E-state index >= 15 is 0 Å². The third-order valence-corrected chi connectivity index (χ3v) is 5.58. The number of rotatable bonds is 10. The molecule has 33 heavy (non-hydrogen) atoms. The maximum atomic E-state index is 12.7. The highest BCUT2D eigenvalue weighted by molar-refractivity contribution is 7.86. The highest BCUT2D eigenvalue weighted by Gasteiger charge is 2.43. The van der Waals surface area contributed by atoms with Crippen LogP contribution in [0, 0.1) is 0 Å². The molecular formula is C23H28N2O7S. The molecule has 2 atom stereocenters. The van der Waals surface area contributed by atoms with Crippen LogP contribution in [0.3, 0.4) is 0 Å². The highest BCUT2D eigenvalue weighted by Crippen LogP contribution is 2.27. The van der Waals surface area contributed by atoms with E-state index in [-0.39, 0.29) is 25.5 Å². The lowest BCUT2D eigenvalue weighted by molar-refractivity contribution is -0.130. The molecular weight excluding hydrogens is 448 g/mol. The van der Waals surface area contributed by atoms with Gasteiger partial charge < -0.3 is 19.7 Å². The van der Waals surface area contributed by atoms with Gasteiger partial charge in [0.1, 0.15) is 24.2 Å². The molecule has 1 aliphatic heterocycles. The van der Waals surface area contributed by atoms with Crippen molar-refractivity contribution in [1.82, 2.24) is 10.2 Å². The van der Waals surface area contributed by atoms with Crippen molar-refractivity contribution in [2.45, 2.75) is 38.5 Å². The van der Waals surface area contributed by atoms with E-state index < -0.39 is 28.4 Å². The first-order valence-corrected chi connectivity index (χ1v) is 12.5. The number of amides is 2. The van der Waals surface area contributed by atoms with Crippen LogP contribution in [0.15, 0.2) is 54.6 Å². The zero-order valence-electron chi connectivity index (χ0n) is 18.6. The van der Waals surface area contributed by atoms with Gasteiger partial charge >= 0.3 is 6.09 Å². The van der Waals surface area contributed by atoms with Crippen molar-refractivity contribution in [3.63, 3.8) is 0 Å². The second kappa shape index (κ2) is 11.2. The van der Waals surface area contributed by atoms with E-state index in [1.54, 1.807) is 12.1 Å². The molecule has 0 aromatic heterocycles. The number of hydrogen-bond donors (Lipinski definition) is 1. The number of benzene rings is 2. The summed E-state index contributed by atoms with van der Waals surface area (Å²) in [6, 6.07) is 15.8. The standard InChI is InChI=1S/C23H28N2O7S/c1-3-13-24-23(27)30-16-20-21(32-33(2,28)29)14-22(26)25(20)15-17-9-11-19(12-10-17)31-18-7-5-4-6-8-18/h4-12,20-21H,3,13-16H2,1-2H3,(H,24,27)/t20-,21-/m1/s1. The van der Waals surface area contributed by atoms with Crippen molar-refractivity contribution in [3.05, 3.63) is 60.2 Å². The second-order valence-corrected chi connectivity index (χ2v) is 9.32. The summed E-state index contributed by atoms with van der Waals surface area (Å²) in [6.07, 6.45) is -0.0130. The molecule has 3 rings (SSSR count). The molecule has 2 amide bonds. The van der Waals surface area contributed by atoms with Gasteiger partial charge in [-0.05, 0) is 36.2 Å². The van der Waals surface area contributed by atoms with Crippen molar-refractivity contribution >= 4 is 22.1 Å². The van der Waals surface area contributed by atoms with Crippen LogP contribution in [0.5, 0.6) is 11.5 Å². The quantitative estimate of drug-likeness (QED) is 0.525. The summed E-state index contributed by atoms with van der Waals surface area (Å²) in [7, 11) is -3.80. The van der Waals surface area contributed by atoms with Gasteiger partial charge in [-0.3, -0.25) is 8.98 Å². The molecule has 1 heterocycles. The molecule has 1 aliphatic rings. The summed E-state index contributed by atoms with van der Waals surface area (Å²) in [6.45, 7) is 2.38. The molecule has 0 aliphatic carbocycles. The minimum Gasteiger partial charge on any atom is -0.457 e. The van der Waals surface area contributed by atoms with Gasteiger partial charge in [0.05, 0.1) is 18.7 Å². The molecule has 1 saturated heterocycles. The van der Waals surface area contributed by atoms with Crippen LogP contribution in [0.4, 0.5) is 4.79 Å². The zero-order chi connectivity index (χ0) is 23.8. The van der Waals surface area contributed by atoms with Crippen LogP contribution in [-0.2, 0) is 30.4 Å². The Labute approximate surface area is 193 Å². The Balaban J connectivity index is 1.69. The van der Waals surface area contributed by atoms with E-state index in [2.05, 4.69) is 5.32 Å². The molecule has 2 aromatic carbocycles. The Hall–Kier alpha value is -3.11. The van der Waals surface area contributed by atoms with Gasteiger partial charge in [-0.15, -0.1) is 0 Å². The first-order chi connectivity index (χ1) is 15.7. The fourth-order valence-corrected chi connectivity index (χ4v) is 4.11. The molecule has 0 radical (unpaired) electrons. The predicted octanol–water partition coefficient (Wildman–Crippen LogP) is 3.06. The molecule has 9 nitrogen and oxygen atoms in total. The maximum Gasteiger partial charge on any atom is 0.407 e. The number of alkyl carbamates (subject to hydrolysis) is 1. The molecule has 0 bridgehead atoms. The number of hydrogen-bond acceptors (Lipinski definition) is 7. The van der Waals surface area contributed by atoms with Crippen molar-refractivity contribution in [3.8, 4) is 11.5 Å². The van der Waals surface area contributed by atoms with E-state index in [9.17, 15) is 18.0 Å². The van der Waals surface area contributed by atoms with Gasteiger partial charge in [-0.2, -0.15) is 8.42 Å². The third kappa shape index (κ3) is 7.47. The van der Waals surface area contributed by atoms with Crippen LogP contribution >= 0.6 is 0 Å². The van der Waals surface area contributed by atoms with E-state index in [4.69, 9.17) is 13.7 Å². The number of likely N-dealkylation sites (tertiary alicyclic amines) is 1. The van der Waals surface area contributed by atoms with Crippen LogP contribution in [0.1, 0.15) is 25.3 Å². The van der Waals surface area contributed by atoms with Gasteiger partial charge in [0.2, 0.25) is 5.91 Å².